The number of anilines is 2. The second kappa shape index (κ2) is 8.07. The molecule has 32 heavy (non-hydrogen) atoms. The predicted molar refractivity (Wildman–Crippen MR) is 119 cm³/mol. The molecular formula is C24H20N4O4. The summed E-state index contributed by atoms with van der Waals surface area (Å²) in [4.78, 5) is 28.8. The van der Waals surface area contributed by atoms with Crippen molar-refractivity contribution in [3.63, 3.8) is 0 Å². The molecule has 4 aromatic rings. The summed E-state index contributed by atoms with van der Waals surface area (Å²) in [5, 5.41) is 5.55. The number of pyridine rings is 1. The number of hydrogen-bond acceptors (Lipinski definition) is 5. The number of carbonyl (C=O) groups excluding carboxylic acids is 2. The quantitative estimate of drug-likeness (QED) is 0.504. The Balaban J connectivity index is 1.26. The zero-order chi connectivity index (χ0) is 22.1. The molecule has 2 N–H and O–H groups in total. The lowest BCUT2D eigenvalue weighted by molar-refractivity contribution is -0.118. The van der Waals surface area contributed by atoms with Crippen LogP contribution in [0.4, 0.5) is 11.4 Å². The Labute approximate surface area is 183 Å². The van der Waals surface area contributed by atoms with E-state index in [4.69, 9.17) is 9.47 Å². The molecule has 1 aliphatic rings. The number of nitrogens with one attached hydrogen (secondary N) is 2. The monoisotopic (exact) mass is 428 g/mol. The first kappa shape index (κ1) is 19.6. The van der Waals surface area contributed by atoms with Gasteiger partial charge < -0.3 is 24.5 Å². The van der Waals surface area contributed by atoms with Gasteiger partial charge in [-0.3, -0.25) is 9.59 Å². The van der Waals surface area contributed by atoms with Crippen molar-refractivity contribution >= 4 is 28.8 Å². The van der Waals surface area contributed by atoms with Gasteiger partial charge in [-0.1, -0.05) is 12.1 Å². The standard InChI is InChI=1S/C24H20N4O4/c1-15-5-8-22-25-18(12-28(22)11-15)13-31-19-4-2-3-16(9-19)24(30)26-17-6-7-21-20(10-17)27-23(29)14-32-21/h2-12H,13-14H2,1H3,(H,26,30)(H,27,29). The topological polar surface area (TPSA) is 94.0 Å². The van der Waals surface area contributed by atoms with Gasteiger partial charge in [0.05, 0.1) is 11.4 Å². The maximum atomic E-state index is 12.7. The van der Waals surface area contributed by atoms with Crippen LogP contribution in [0.15, 0.2) is 67.0 Å². The summed E-state index contributed by atoms with van der Waals surface area (Å²) in [6, 6.07) is 16.0. The second-order valence-electron chi connectivity index (χ2n) is 7.52. The molecular weight excluding hydrogens is 408 g/mol. The van der Waals surface area contributed by atoms with Crippen molar-refractivity contribution in [3.05, 3.63) is 83.8 Å². The highest BCUT2D eigenvalue weighted by atomic mass is 16.5. The van der Waals surface area contributed by atoms with Gasteiger partial charge in [0.1, 0.15) is 23.8 Å². The summed E-state index contributed by atoms with van der Waals surface area (Å²) in [5.41, 5.74) is 4.32. The SMILES string of the molecule is Cc1ccc2nc(COc3cccc(C(=O)Nc4ccc5c(c4)NC(=O)CO5)c3)cn2c1. The van der Waals surface area contributed by atoms with Crippen LogP contribution in [0.3, 0.4) is 0 Å². The summed E-state index contributed by atoms with van der Waals surface area (Å²) >= 11 is 0. The summed E-state index contributed by atoms with van der Waals surface area (Å²) < 4.78 is 13.2. The number of carbonyl (C=O) groups is 2. The Morgan fingerprint density at radius 2 is 2.09 bits per heavy atom. The highest BCUT2D eigenvalue weighted by Crippen LogP contribution is 2.30. The van der Waals surface area contributed by atoms with Crippen LogP contribution in [-0.4, -0.2) is 27.8 Å². The Morgan fingerprint density at radius 1 is 1.19 bits per heavy atom. The van der Waals surface area contributed by atoms with E-state index < -0.39 is 0 Å². The average Bonchev–Trinajstić information content (AvgIpc) is 3.19. The minimum absolute atomic E-state index is 0.0138. The molecule has 0 fully saturated rings. The number of ether oxygens (including phenoxy) is 2. The maximum Gasteiger partial charge on any atom is 0.262 e. The molecule has 8 nitrogen and oxygen atoms in total. The van der Waals surface area contributed by atoms with Crippen LogP contribution in [0.2, 0.25) is 0 Å². The van der Waals surface area contributed by atoms with Crippen molar-refractivity contribution in [2.24, 2.45) is 0 Å². The van der Waals surface area contributed by atoms with E-state index in [1.807, 2.05) is 35.9 Å². The van der Waals surface area contributed by atoms with Gasteiger partial charge in [0.25, 0.3) is 11.8 Å². The van der Waals surface area contributed by atoms with E-state index in [0.717, 1.165) is 16.9 Å². The minimum atomic E-state index is -0.290. The van der Waals surface area contributed by atoms with Crippen LogP contribution < -0.4 is 20.1 Å². The molecule has 2 aromatic heterocycles. The van der Waals surface area contributed by atoms with Gasteiger partial charge in [-0.15, -0.1) is 0 Å². The van der Waals surface area contributed by atoms with E-state index in [-0.39, 0.29) is 25.0 Å². The van der Waals surface area contributed by atoms with E-state index in [9.17, 15) is 9.59 Å². The van der Waals surface area contributed by atoms with Crippen molar-refractivity contribution < 1.29 is 19.1 Å². The van der Waals surface area contributed by atoms with E-state index >= 15 is 0 Å². The lowest BCUT2D eigenvalue weighted by Gasteiger charge is -2.18. The van der Waals surface area contributed by atoms with Crippen LogP contribution in [0.5, 0.6) is 11.5 Å². The fraction of sp³-hybridized carbons (Fsp3) is 0.125. The Morgan fingerprint density at radius 3 is 3.00 bits per heavy atom. The van der Waals surface area contributed by atoms with Gasteiger partial charge in [0.2, 0.25) is 0 Å². The fourth-order valence-corrected chi connectivity index (χ4v) is 3.47. The molecule has 0 unspecified atom stereocenters. The predicted octanol–water partition coefficient (Wildman–Crippen LogP) is 3.80. The third-order valence-electron chi connectivity index (χ3n) is 5.00. The van der Waals surface area contributed by atoms with Crippen LogP contribution in [0.25, 0.3) is 5.65 Å². The zero-order valence-corrected chi connectivity index (χ0v) is 17.3. The van der Waals surface area contributed by atoms with Crippen molar-refractivity contribution in [2.45, 2.75) is 13.5 Å². The molecule has 160 valence electrons. The molecule has 0 radical (unpaired) electrons. The van der Waals surface area contributed by atoms with Gasteiger partial charge >= 0.3 is 0 Å². The Bertz CT molecular complexity index is 1350. The van der Waals surface area contributed by atoms with Crippen LogP contribution >= 0.6 is 0 Å². The number of nitrogens with zero attached hydrogens (tertiary/aromatic N) is 2. The van der Waals surface area contributed by atoms with Crippen LogP contribution in [0.1, 0.15) is 21.6 Å². The molecule has 0 bridgehead atoms. The number of imidazole rings is 1. The van der Waals surface area contributed by atoms with Gasteiger partial charge in [0, 0.05) is 23.6 Å². The van der Waals surface area contributed by atoms with Gasteiger partial charge in [0.15, 0.2) is 6.61 Å². The summed E-state index contributed by atoms with van der Waals surface area (Å²) in [6.45, 7) is 2.30. The first-order valence-corrected chi connectivity index (χ1v) is 10.1. The molecule has 0 aliphatic carbocycles. The zero-order valence-electron chi connectivity index (χ0n) is 17.3. The van der Waals surface area contributed by atoms with Crippen molar-refractivity contribution in [1.29, 1.82) is 0 Å². The average molecular weight is 428 g/mol. The van der Waals surface area contributed by atoms with Gasteiger partial charge in [-0.25, -0.2) is 4.98 Å². The molecule has 0 spiro atoms. The molecule has 0 saturated carbocycles. The van der Waals surface area contributed by atoms with Gasteiger partial charge in [-0.2, -0.15) is 0 Å². The molecule has 5 rings (SSSR count). The van der Waals surface area contributed by atoms with E-state index in [1.165, 1.54) is 0 Å². The number of hydrogen-bond donors (Lipinski definition) is 2. The molecule has 2 aromatic carbocycles. The lowest BCUT2D eigenvalue weighted by Crippen LogP contribution is -2.25. The number of aromatic nitrogens is 2. The normalized spacial score (nSPS) is 12.6. The Kier molecular flexibility index (Phi) is 4.95. The second-order valence-corrected chi connectivity index (χ2v) is 7.52. The molecule has 0 atom stereocenters. The van der Waals surface area contributed by atoms with E-state index in [2.05, 4.69) is 15.6 Å². The van der Waals surface area contributed by atoms with Gasteiger partial charge in [-0.05, 0) is 55.0 Å². The molecule has 8 heteroatoms. The summed E-state index contributed by atoms with van der Waals surface area (Å²) in [5.74, 6) is 0.616. The van der Waals surface area contributed by atoms with Crippen LogP contribution in [-0.2, 0) is 11.4 Å². The van der Waals surface area contributed by atoms with Crippen molar-refractivity contribution in [3.8, 4) is 11.5 Å². The number of benzene rings is 2. The largest absolute Gasteiger partial charge is 0.487 e. The Hall–Kier alpha value is -4.33. The van der Waals surface area contributed by atoms with Crippen molar-refractivity contribution in [2.75, 3.05) is 17.2 Å². The first-order valence-electron chi connectivity index (χ1n) is 10.1. The molecule has 1 aliphatic heterocycles. The first-order chi connectivity index (χ1) is 15.5. The summed E-state index contributed by atoms with van der Waals surface area (Å²) in [7, 11) is 0. The fourth-order valence-electron chi connectivity index (χ4n) is 3.47. The minimum Gasteiger partial charge on any atom is -0.487 e. The number of amides is 2. The third-order valence-corrected chi connectivity index (χ3v) is 5.00. The smallest absolute Gasteiger partial charge is 0.262 e. The maximum absolute atomic E-state index is 12.7. The molecule has 2 amide bonds. The molecule has 0 saturated heterocycles. The third kappa shape index (κ3) is 4.11. The number of fused-ring (bicyclic) bond motifs is 2. The highest BCUT2D eigenvalue weighted by Gasteiger charge is 2.17. The highest BCUT2D eigenvalue weighted by molar-refractivity contribution is 6.05. The number of aryl methyl sites for hydroxylation is 1. The number of rotatable bonds is 5. The molecule has 3 heterocycles. The van der Waals surface area contributed by atoms with E-state index in [1.54, 1.807) is 42.5 Å². The van der Waals surface area contributed by atoms with Crippen molar-refractivity contribution in [1.82, 2.24) is 9.38 Å². The summed E-state index contributed by atoms with van der Waals surface area (Å²) in [6.07, 6.45) is 3.94. The lowest BCUT2D eigenvalue weighted by atomic mass is 10.2. The van der Waals surface area contributed by atoms with E-state index in [0.29, 0.717) is 28.4 Å². The van der Waals surface area contributed by atoms with Crippen LogP contribution in [0, 0.1) is 6.92 Å².